The topological polar surface area (TPSA) is 60.8 Å². The third kappa shape index (κ3) is 2.96. The first-order valence-corrected chi connectivity index (χ1v) is 5.14. The second-order valence-corrected chi connectivity index (χ2v) is 4.37. The number of carbonyl (C=O) groups is 1. The van der Waals surface area contributed by atoms with Gasteiger partial charge in [0.15, 0.2) is 0 Å². The lowest BCUT2D eigenvalue weighted by Crippen LogP contribution is -2.29. The number of aliphatic hydroxyl groups is 2. The molecule has 1 amide bonds. The van der Waals surface area contributed by atoms with E-state index in [1.165, 1.54) is 4.90 Å². The number of amides is 1. The first kappa shape index (κ1) is 11.5. The van der Waals surface area contributed by atoms with Crippen molar-refractivity contribution in [2.45, 2.75) is 38.9 Å². The van der Waals surface area contributed by atoms with Gasteiger partial charge in [-0.2, -0.15) is 0 Å². The smallest absolute Gasteiger partial charge is 0.222 e. The number of carbonyl (C=O) groups excluding carboxylic acids is 1. The molecule has 0 unspecified atom stereocenters. The van der Waals surface area contributed by atoms with E-state index < -0.39 is 12.2 Å². The van der Waals surface area contributed by atoms with Crippen molar-refractivity contribution >= 4 is 5.91 Å². The monoisotopic (exact) mass is 201 g/mol. The molecule has 1 saturated heterocycles. The highest BCUT2D eigenvalue weighted by atomic mass is 16.3. The van der Waals surface area contributed by atoms with Crippen LogP contribution in [0.1, 0.15) is 26.7 Å². The molecule has 1 rings (SSSR count). The number of hydrogen-bond acceptors (Lipinski definition) is 3. The molecule has 2 N–H and O–H groups in total. The Balaban J connectivity index is 2.32. The van der Waals surface area contributed by atoms with Crippen molar-refractivity contribution in [3.8, 4) is 0 Å². The Kier molecular flexibility index (Phi) is 3.89. The lowest BCUT2D eigenvalue weighted by Gasteiger charge is -2.15. The molecule has 1 aliphatic rings. The maximum atomic E-state index is 11.5. The number of likely N-dealkylation sites (tertiary alicyclic amines) is 1. The first-order chi connectivity index (χ1) is 6.50. The second kappa shape index (κ2) is 4.75. The summed E-state index contributed by atoms with van der Waals surface area (Å²) >= 11 is 0. The van der Waals surface area contributed by atoms with E-state index in [-0.39, 0.29) is 19.0 Å². The van der Waals surface area contributed by atoms with Crippen molar-refractivity contribution in [1.82, 2.24) is 4.90 Å². The number of nitrogens with zero attached hydrogens (tertiary/aromatic N) is 1. The summed E-state index contributed by atoms with van der Waals surface area (Å²) in [6, 6.07) is 0. The van der Waals surface area contributed by atoms with Crippen LogP contribution in [0.25, 0.3) is 0 Å². The fourth-order valence-corrected chi connectivity index (χ4v) is 1.54. The Morgan fingerprint density at radius 1 is 1.36 bits per heavy atom. The predicted octanol–water partition coefficient (Wildman–Crippen LogP) is -0.0134. The zero-order valence-corrected chi connectivity index (χ0v) is 8.81. The van der Waals surface area contributed by atoms with Crippen LogP contribution < -0.4 is 0 Å². The van der Waals surface area contributed by atoms with E-state index in [9.17, 15) is 15.0 Å². The Morgan fingerprint density at radius 3 is 2.29 bits per heavy atom. The average molecular weight is 201 g/mol. The van der Waals surface area contributed by atoms with Gasteiger partial charge in [0.25, 0.3) is 0 Å². The molecule has 0 aromatic heterocycles. The molecule has 0 spiro atoms. The minimum atomic E-state index is -0.766. The largest absolute Gasteiger partial charge is 0.388 e. The normalized spacial score (nSPS) is 27.4. The lowest BCUT2D eigenvalue weighted by atomic mass is 10.1. The number of β-amino-alcohol motifs (C(OH)–C–C–N with tert-alkyl or cyclic N) is 2. The molecule has 2 atom stereocenters. The molecule has 1 heterocycles. The first-order valence-electron chi connectivity index (χ1n) is 5.14. The molecule has 0 saturated carbocycles. The third-order valence-corrected chi connectivity index (χ3v) is 2.55. The van der Waals surface area contributed by atoms with Crippen LogP contribution in [-0.2, 0) is 4.79 Å². The molecule has 0 bridgehead atoms. The van der Waals surface area contributed by atoms with E-state index >= 15 is 0 Å². The minimum Gasteiger partial charge on any atom is -0.388 e. The van der Waals surface area contributed by atoms with Gasteiger partial charge in [-0.25, -0.2) is 0 Å². The predicted molar refractivity (Wildman–Crippen MR) is 52.7 cm³/mol. The Labute approximate surface area is 84.5 Å². The van der Waals surface area contributed by atoms with Crippen LogP contribution in [0, 0.1) is 5.92 Å². The van der Waals surface area contributed by atoms with Gasteiger partial charge in [0.05, 0.1) is 12.2 Å². The van der Waals surface area contributed by atoms with Crippen molar-refractivity contribution in [3.05, 3.63) is 0 Å². The highest BCUT2D eigenvalue weighted by Crippen LogP contribution is 2.13. The molecule has 1 fully saturated rings. The molecule has 14 heavy (non-hydrogen) atoms. The SMILES string of the molecule is CC(C)CCC(=O)N1C[C@@H](O)[C@@H](O)C1. The maximum Gasteiger partial charge on any atom is 0.222 e. The van der Waals surface area contributed by atoms with E-state index in [1.54, 1.807) is 0 Å². The molecule has 82 valence electrons. The zero-order chi connectivity index (χ0) is 10.7. The van der Waals surface area contributed by atoms with E-state index in [1.807, 2.05) is 0 Å². The van der Waals surface area contributed by atoms with Gasteiger partial charge in [-0.1, -0.05) is 13.8 Å². The van der Waals surface area contributed by atoms with Crippen LogP contribution >= 0.6 is 0 Å². The Hall–Kier alpha value is -0.610. The van der Waals surface area contributed by atoms with E-state index in [0.29, 0.717) is 12.3 Å². The average Bonchev–Trinajstić information content (AvgIpc) is 2.43. The minimum absolute atomic E-state index is 0.0364. The highest BCUT2D eigenvalue weighted by Gasteiger charge is 2.31. The molecule has 4 nitrogen and oxygen atoms in total. The van der Waals surface area contributed by atoms with Gasteiger partial charge >= 0.3 is 0 Å². The third-order valence-electron chi connectivity index (χ3n) is 2.55. The number of hydrogen-bond donors (Lipinski definition) is 2. The van der Waals surface area contributed by atoms with Crippen LogP contribution in [-0.4, -0.2) is 46.3 Å². The zero-order valence-electron chi connectivity index (χ0n) is 8.81. The lowest BCUT2D eigenvalue weighted by molar-refractivity contribution is -0.131. The van der Waals surface area contributed by atoms with Gasteiger partial charge in [-0.05, 0) is 12.3 Å². The summed E-state index contributed by atoms with van der Waals surface area (Å²) in [5, 5.41) is 18.5. The summed E-state index contributed by atoms with van der Waals surface area (Å²) in [6.07, 6.45) is -0.158. The molecule has 1 aliphatic heterocycles. The fourth-order valence-electron chi connectivity index (χ4n) is 1.54. The molecule has 0 aromatic rings. The van der Waals surface area contributed by atoms with Crippen molar-refractivity contribution in [3.63, 3.8) is 0 Å². The van der Waals surface area contributed by atoms with Crippen LogP contribution in [0.4, 0.5) is 0 Å². The van der Waals surface area contributed by atoms with E-state index in [4.69, 9.17) is 0 Å². The van der Waals surface area contributed by atoms with Gasteiger partial charge in [-0.15, -0.1) is 0 Å². The van der Waals surface area contributed by atoms with Crippen LogP contribution in [0.2, 0.25) is 0 Å². The summed E-state index contributed by atoms with van der Waals surface area (Å²) in [6.45, 7) is 4.69. The number of rotatable bonds is 3. The van der Waals surface area contributed by atoms with Crippen LogP contribution in [0.15, 0.2) is 0 Å². The van der Waals surface area contributed by atoms with Crippen LogP contribution in [0.3, 0.4) is 0 Å². The standard InChI is InChI=1S/C10H19NO3/c1-7(2)3-4-10(14)11-5-8(12)9(13)6-11/h7-9,12-13H,3-6H2,1-2H3/t8-,9+. The van der Waals surface area contributed by atoms with Gasteiger partial charge in [0.2, 0.25) is 5.91 Å². The summed E-state index contributed by atoms with van der Waals surface area (Å²) in [4.78, 5) is 13.1. The maximum absolute atomic E-state index is 11.5. The van der Waals surface area contributed by atoms with Gasteiger partial charge in [-0.3, -0.25) is 4.79 Å². The van der Waals surface area contributed by atoms with Crippen molar-refractivity contribution in [1.29, 1.82) is 0 Å². The molecular weight excluding hydrogens is 182 g/mol. The molecule has 0 aliphatic carbocycles. The van der Waals surface area contributed by atoms with E-state index in [2.05, 4.69) is 13.8 Å². The van der Waals surface area contributed by atoms with E-state index in [0.717, 1.165) is 6.42 Å². The molecule has 0 aromatic carbocycles. The Bertz CT molecular complexity index is 196. The second-order valence-electron chi connectivity index (χ2n) is 4.37. The Morgan fingerprint density at radius 2 is 1.86 bits per heavy atom. The summed E-state index contributed by atoms with van der Waals surface area (Å²) in [5.74, 6) is 0.547. The number of aliphatic hydroxyl groups excluding tert-OH is 2. The molecule has 4 heteroatoms. The van der Waals surface area contributed by atoms with Crippen LogP contribution in [0.5, 0.6) is 0 Å². The summed E-state index contributed by atoms with van der Waals surface area (Å²) < 4.78 is 0. The van der Waals surface area contributed by atoms with Crippen molar-refractivity contribution in [2.24, 2.45) is 5.92 Å². The van der Waals surface area contributed by atoms with Gasteiger partial charge in [0.1, 0.15) is 0 Å². The quantitative estimate of drug-likeness (QED) is 0.675. The van der Waals surface area contributed by atoms with Crippen molar-refractivity contribution in [2.75, 3.05) is 13.1 Å². The van der Waals surface area contributed by atoms with Gasteiger partial charge < -0.3 is 15.1 Å². The fraction of sp³-hybridized carbons (Fsp3) is 0.900. The van der Waals surface area contributed by atoms with Gasteiger partial charge in [0, 0.05) is 19.5 Å². The molecular formula is C10H19NO3. The summed E-state index contributed by atoms with van der Waals surface area (Å²) in [5.41, 5.74) is 0. The molecule has 0 radical (unpaired) electrons. The highest BCUT2D eigenvalue weighted by molar-refractivity contribution is 5.76. The summed E-state index contributed by atoms with van der Waals surface area (Å²) in [7, 11) is 0. The van der Waals surface area contributed by atoms with Crippen molar-refractivity contribution < 1.29 is 15.0 Å².